The van der Waals surface area contributed by atoms with Gasteiger partial charge in [-0.15, -0.1) is 0 Å². The first-order valence-electron chi connectivity index (χ1n) is 3.91. The second kappa shape index (κ2) is 4.47. The lowest BCUT2D eigenvalue weighted by atomic mass is 10.1. The van der Waals surface area contributed by atoms with Crippen molar-refractivity contribution < 1.29 is 0 Å². The summed E-state index contributed by atoms with van der Waals surface area (Å²) in [6.45, 7) is 2.77. The molecule has 0 spiro atoms. The number of aromatic nitrogens is 1. The van der Waals surface area contributed by atoms with Crippen LogP contribution in [0.2, 0.25) is 0 Å². The molecule has 1 N–H and O–H groups in total. The zero-order valence-corrected chi connectivity index (χ0v) is 6.99. The van der Waals surface area contributed by atoms with Crippen molar-refractivity contribution in [1.82, 2.24) is 10.3 Å². The first-order valence-corrected chi connectivity index (χ1v) is 3.91. The van der Waals surface area contributed by atoms with E-state index in [1.807, 2.05) is 19.1 Å². The quantitative estimate of drug-likeness (QED) is 0.726. The Morgan fingerprint density at radius 3 is 2.75 bits per heavy atom. The maximum absolute atomic E-state index is 8.78. The first-order chi connectivity index (χ1) is 5.88. The van der Waals surface area contributed by atoms with Gasteiger partial charge in [-0.25, -0.2) is 0 Å². The average molecular weight is 161 g/mol. The van der Waals surface area contributed by atoms with Gasteiger partial charge in [-0.1, -0.05) is 6.92 Å². The molecule has 62 valence electrons. The van der Waals surface area contributed by atoms with E-state index in [4.69, 9.17) is 5.26 Å². The third-order valence-electron chi connectivity index (χ3n) is 1.58. The van der Waals surface area contributed by atoms with Gasteiger partial charge in [-0.3, -0.25) is 10.3 Å². The predicted octanol–water partition coefficient (Wildman–Crippen LogP) is 1.26. The molecule has 0 radical (unpaired) electrons. The molecule has 12 heavy (non-hydrogen) atoms. The normalized spacial score (nSPS) is 12.0. The fourth-order valence-corrected chi connectivity index (χ4v) is 0.998. The smallest absolute Gasteiger partial charge is 0.121 e. The third-order valence-corrected chi connectivity index (χ3v) is 1.58. The van der Waals surface area contributed by atoms with E-state index in [0.717, 1.165) is 12.1 Å². The van der Waals surface area contributed by atoms with Gasteiger partial charge in [0.25, 0.3) is 0 Å². The number of pyridine rings is 1. The van der Waals surface area contributed by atoms with E-state index in [2.05, 4.69) is 16.4 Å². The molecule has 0 aliphatic heterocycles. The summed E-state index contributed by atoms with van der Waals surface area (Å²) in [6.07, 6.45) is 3.38. The number of nitrogens with one attached hydrogen (secondary N) is 1. The van der Waals surface area contributed by atoms with Gasteiger partial charge in [0, 0.05) is 12.4 Å². The van der Waals surface area contributed by atoms with Gasteiger partial charge in [0.15, 0.2) is 0 Å². The van der Waals surface area contributed by atoms with E-state index in [1.54, 1.807) is 12.4 Å². The maximum Gasteiger partial charge on any atom is 0.121 e. The Kier molecular flexibility index (Phi) is 3.24. The molecule has 1 aromatic rings. The van der Waals surface area contributed by atoms with E-state index < -0.39 is 0 Å². The van der Waals surface area contributed by atoms with Crippen LogP contribution in [-0.4, -0.2) is 11.5 Å². The van der Waals surface area contributed by atoms with Crippen LogP contribution in [0.1, 0.15) is 18.5 Å². The molecule has 1 rings (SSSR count). The van der Waals surface area contributed by atoms with E-state index in [9.17, 15) is 0 Å². The maximum atomic E-state index is 8.78. The Morgan fingerprint density at radius 2 is 2.25 bits per heavy atom. The number of rotatable bonds is 3. The summed E-state index contributed by atoms with van der Waals surface area (Å²) in [5, 5.41) is 11.8. The second-order valence-electron chi connectivity index (χ2n) is 2.40. The van der Waals surface area contributed by atoms with Gasteiger partial charge in [0.2, 0.25) is 0 Å². The van der Waals surface area contributed by atoms with Crippen molar-refractivity contribution in [2.75, 3.05) is 6.54 Å². The molecular weight excluding hydrogens is 150 g/mol. The highest BCUT2D eigenvalue weighted by molar-refractivity contribution is 5.20. The molecule has 0 fully saturated rings. The summed E-state index contributed by atoms with van der Waals surface area (Å²) in [4.78, 5) is 3.89. The van der Waals surface area contributed by atoms with Gasteiger partial charge in [0.05, 0.1) is 6.07 Å². The summed E-state index contributed by atoms with van der Waals surface area (Å²) < 4.78 is 0. The summed E-state index contributed by atoms with van der Waals surface area (Å²) in [6, 6.07) is 5.66. The highest BCUT2D eigenvalue weighted by atomic mass is 14.9. The molecule has 0 amide bonds. The van der Waals surface area contributed by atoms with Gasteiger partial charge in [0.1, 0.15) is 6.04 Å². The Balaban J connectivity index is 2.75. The van der Waals surface area contributed by atoms with Gasteiger partial charge >= 0.3 is 0 Å². The number of hydrogen-bond donors (Lipinski definition) is 1. The van der Waals surface area contributed by atoms with E-state index in [0.29, 0.717) is 0 Å². The number of nitriles is 1. The minimum absolute atomic E-state index is 0.210. The van der Waals surface area contributed by atoms with Crippen LogP contribution >= 0.6 is 0 Å². The van der Waals surface area contributed by atoms with E-state index in [1.165, 1.54) is 0 Å². The lowest BCUT2D eigenvalue weighted by Gasteiger charge is -2.08. The van der Waals surface area contributed by atoms with Crippen LogP contribution in [0.3, 0.4) is 0 Å². The standard InChI is InChI=1S/C9H11N3/c1-2-12-9(7-10)8-3-5-11-6-4-8/h3-6,9,12H,2H2,1H3. The van der Waals surface area contributed by atoms with Crippen LogP contribution in [0.4, 0.5) is 0 Å². The van der Waals surface area contributed by atoms with Crippen molar-refractivity contribution in [3.05, 3.63) is 30.1 Å². The highest BCUT2D eigenvalue weighted by Gasteiger charge is 2.06. The van der Waals surface area contributed by atoms with Crippen molar-refractivity contribution in [2.24, 2.45) is 0 Å². The molecule has 3 nitrogen and oxygen atoms in total. The lowest BCUT2D eigenvalue weighted by Crippen LogP contribution is -2.18. The fraction of sp³-hybridized carbons (Fsp3) is 0.333. The van der Waals surface area contributed by atoms with Crippen LogP contribution in [0.25, 0.3) is 0 Å². The molecule has 1 atom stereocenters. The van der Waals surface area contributed by atoms with Crippen molar-refractivity contribution in [1.29, 1.82) is 5.26 Å². The lowest BCUT2D eigenvalue weighted by molar-refractivity contribution is 0.657. The van der Waals surface area contributed by atoms with Crippen LogP contribution in [0.15, 0.2) is 24.5 Å². The molecule has 0 aliphatic rings. The van der Waals surface area contributed by atoms with Crippen molar-refractivity contribution in [3.63, 3.8) is 0 Å². The van der Waals surface area contributed by atoms with Gasteiger partial charge in [-0.05, 0) is 24.2 Å². The molecule has 1 aromatic heterocycles. The van der Waals surface area contributed by atoms with E-state index in [-0.39, 0.29) is 6.04 Å². The third kappa shape index (κ3) is 2.04. The van der Waals surface area contributed by atoms with Crippen LogP contribution in [-0.2, 0) is 0 Å². The number of nitrogens with zero attached hydrogens (tertiary/aromatic N) is 2. The van der Waals surface area contributed by atoms with Gasteiger partial charge < -0.3 is 0 Å². The zero-order valence-electron chi connectivity index (χ0n) is 6.99. The molecule has 0 aromatic carbocycles. The van der Waals surface area contributed by atoms with Crippen molar-refractivity contribution in [2.45, 2.75) is 13.0 Å². The minimum atomic E-state index is -0.210. The Hall–Kier alpha value is -1.40. The summed E-state index contributed by atoms with van der Waals surface area (Å²) in [5.41, 5.74) is 0.967. The van der Waals surface area contributed by atoms with Crippen LogP contribution in [0, 0.1) is 11.3 Å². The molecule has 0 saturated carbocycles. The Morgan fingerprint density at radius 1 is 1.58 bits per heavy atom. The molecular formula is C9H11N3. The minimum Gasteiger partial charge on any atom is -0.298 e. The summed E-state index contributed by atoms with van der Waals surface area (Å²) >= 11 is 0. The molecule has 0 aliphatic carbocycles. The SMILES string of the molecule is CCNC(C#N)c1ccncc1. The number of hydrogen-bond acceptors (Lipinski definition) is 3. The monoisotopic (exact) mass is 161 g/mol. The Labute approximate surface area is 72.1 Å². The highest BCUT2D eigenvalue weighted by Crippen LogP contribution is 2.08. The molecule has 3 heteroatoms. The molecule has 1 heterocycles. The fourth-order valence-electron chi connectivity index (χ4n) is 0.998. The summed E-state index contributed by atoms with van der Waals surface area (Å²) in [5.74, 6) is 0. The van der Waals surface area contributed by atoms with Gasteiger partial charge in [-0.2, -0.15) is 5.26 Å². The first kappa shape index (κ1) is 8.69. The zero-order chi connectivity index (χ0) is 8.81. The van der Waals surface area contributed by atoms with Crippen LogP contribution < -0.4 is 5.32 Å². The molecule has 0 bridgehead atoms. The topological polar surface area (TPSA) is 48.7 Å². The van der Waals surface area contributed by atoms with Crippen LogP contribution in [0.5, 0.6) is 0 Å². The van der Waals surface area contributed by atoms with E-state index >= 15 is 0 Å². The average Bonchev–Trinajstić information content (AvgIpc) is 2.15. The molecule has 1 unspecified atom stereocenters. The second-order valence-corrected chi connectivity index (χ2v) is 2.40. The summed E-state index contributed by atoms with van der Waals surface area (Å²) in [7, 11) is 0. The molecule has 0 saturated heterocycles. The Bertz CT molecular complexity index is 263. The van der Waals surface area contributed by atoms with Crippen molar-refractivity contribution in [3.8, 4) is 6.07 Å². The van der Waals surface area contributed by atoms with Crippen molar-refractivity contribution >= 4 is 0 Å². The largest absolute Gasteiger partial charge is 0.298 e. The predicted molar refractivity (Wildman–Crippen MR) is 46.3 cm³/mol.